The lowest BCUT2D eigenvalue weighted by Gasteiger charge is -2.08. The molecule has 1 saturated carbocycles. The summed E-state index contributed by atoms with van der Waals surface area (Å²) in [6, 6.07) is 2.73. The minimum Gasteiger partial charge on any atom is -0.355 e. The summed E-state index contributed by atoms with van der Waals surface area (Å²) in [5.74, 6) is 1.01. The highest BCUT2D eigenvalue weighted by Crippen LogP contribution is 2.37. The SMILES string of the molecule is Cc1cn(C2CC2)c(NCCc2ccnn2C)n1. The molecule has 0 bridgehead atoms. The average Bonchev–Trinajstić information content (AvgIpc) is 3.01. The van der Waals surface area contributed by atoms with Crippen LogP contribution in [-0.2, 0) is 13.5 Å². The van der Waals surface area contributed by atoms with Gasteiger partial charge in [-0.2, -0.15) is 5.10 Å². The number of hydrogen-bond donors (Lipinski definition) is 1. The van der Waals surface area contributed by atoms with Gasteiger partial charge in [0.2, 0.25) is 5.95 Å². The summed E-state index contributed by atoms with van der Waals surface area (Å²) < 4.78 is 4.19. The second kappa shape index (κ2) is 4.48. The van der Waals surface area contributed by atoms with Crippen LogP contribution in [0.2, 0.25) is 0 Å². The molecule has 1 aliphatic rings. The molecule has 0 spiro atoms. The minimum atomic E-state index is 0.672. The van der Waals surface area contributed by atoms with Crippen LogP contribution in [0.3, 0.4) is 0 Å². The molecule has 96 valence electrons. The molecule has 3 rings (SSSR count). The number of nitrogens with one attached hydrogen (secondary N) is 1. The highest BCUT2D eigenvalue weighted by Gasteiger charge is 2.26. The molecule has 0 atom stereocenters. The zero-order valence-electron chi connectivity index (χ0n) is 10.9. The summed E-state index contributed by atoms with van der Waals surface area (Å²) in [4.78, 5) is 4.54. The molecule has 0 amide bonds. The molecular weight excluding hydrogens is 226 g/mol. The van der Waals surface area contributed by atoms with Crippen LogP contribution in [0.25, 0.3) is 0 Å². The van der Waals surface area contributed by atoms with Gasteiger partial charge in [-0.25, -0.2) is 4.98 Å². The lowest BCUT2D eigenvalue weighted by atomic mass is 10.3. The van der Waals surface area contributed by atoms with Crippen molar-refractivity contribution in [3.63, 3.8) is 0 Å². The molecule has 1 N–H and O–H groups in total. The summed E-state index contributed by atoms with van der Waals surface area (Å²) in [6.45, 7) is 2.94. The molecule has 0 saturated heterocycles. The number of nitrogens with zero attached hydrogens (tertiary/aromatic N) is 4. The first-order chi connectivity index (χ1) is 8.74. The Hall–Kier alpha value is -1.78. The topological polar surface area (TPSA) is 47.7 Å². The fraction of sp³-hybridized carbons (Fsp3) is 0.538. The van der Waals surface area contributed by atoms with E-state index in [1.165, 1.54) is 18.5 Å². The van der Waals surface area contributed by atoms with E-state index in [9.17, 15) is 0 Å². The Morgan fingerprint density at radius 1 is 1.44 bits per heavy atom. The molecule has 0 radical (unpaired) electrons. The van der Waals surface area contributed by atoms with Gasteiger partial charge >= 0.3 is 0 Å². The van der Waals surface area contributed by atoms with Crippen molar-refractivity contribution in [3.8, 4) is 0 Å². The van der Waals surface area contributed by atoms with E-state index < -0.39 is 0 Å². The van der Waals surface area contributed by atoms with Gasteiger partial charge in [-0.3, -0.25) is 4.68 Å². The molecule has 18 heavy (non-hydrogen) atoms. The normalized spacial score (nSPS) is 15.0. The second-order valence-corrected chi connectivity index (χ2v) is 4.97. The molecule has 2 heterocycles. The monoisotopic (exact) mass is 245 g/mol. The van der Waals surface area contributed by atoms with Gasteiger partial charge in [0.25, 0.3) is 0 Å². The third-order valence-corrected chi connectivity index (χ3v) is 3.38. The maximum Gasteiger partial charge on any atom is 0.203 e. The van der Waals surface area contributed by atoms with E-state index in [-0.39, 0.29) is 0 Å². The largest absolute Gasteiger partial charge is 0.355 e. The number of aromatic nitrogens is 4. The van der Waals surface area contributed by atoms with Crippen molar-refractivity contribution in [2.45, 2.75) is 32.2 Å². The molecule has 5 nitrogen and oxygen atoms in total. The Morgan fingerprint density at radius 2 is 2.28 bits per heavy atom. The van der Waals surface area contributed by atoms with Crippen molar-refractivity contribution in [3.05, 3.63) is 29.8 Å². The van der Waals surface area contributed by atoms with Crippen LogP contribution in [0.15, 0.2) is 18.5 Å². The fourth-order valence-corrected chi connectivity index (χ4v) is 2.23. The van der Waals surface area contributed by atoms with Crippen LogP contribution in [0, 0.1) is 6.92 Å². The van der Waals surface area contributed by atoms with Crippen LogP contribution in [0.1, 0.15) is 30.3 Å². The third kappa shape index (κ3) is 2.25. The molecule has 0 aliphatic heterocycles. The van der Waals surface area contributed by atoms with Crippen molar-refractivity contribution >= 4 is 5.95 Å². The fourth-order valence-electron chi connectivity index (χ4n) is 2.23. The number of rotatable bonds is 5. The molecule has 0 unspecified atom stereocenters. The van der Waals surface area contributed by atoms with Gasteiger partial charge in [-0.05, 0) is 25.8 Å². The van der Waals surface area contributed by atoms with Gasteiger partial charge in [-0.15, -0.1) is 0 Å². The molecule has 2 aromatic heterocycles. The Morgan fingerprint density at radius 3 is 2.94 bits per heavy atom. The Kier molecular flexibility index (Phi) is 2.81. The maximum atomic E-state index is 4.54. The van der Waals surface area contributed by atoms with Crippen molar-refractivity contribution in [2.75, 3.05) is 11.9 Å². The van der Waals surface area contributed by atoms with Crippen molar-refractivity contribution in [1.82, 2.24) is 19.3 Å². The predicted molar refractivity (Wildman–Crippen MR) is 70.6 cm³/mol. The van der Waals surface area contributed by atoms with E-state index in [0.29, 0.717) is 6.04 Å². The summed E-state index contributed by atoms with van der Waals surface area (Å²) in [5, 5.41) is 7.60. The van der Waals surface area contributed by atoms with Crippen molar-refractivity contribution in [1.29, 1.82) is 0 Å². The number of aryl methyl sites for hydroxylation is 2. The molecule has 1 aliphatic carbocycles. The molecule has 2 aromatic rings. The zero-order chi connectivity index (χ0) is 12.5. The predicted octanol–water partition coefficient (Wildman–Crippen LogP) is 1.91. The summed E-state index contributed by atoms with van der Waals surface area (Å²) in [7, 11) is 1.98. The maximum absolute atomic E-state index is 4.54. The van der Waals surface area contributed by atoms with Gasteiger partial charge in [0.1, 0.15) is 0 Å². The highest BCUT2D eigenvalue weighted by molar-refractivity contribution is 5.30. The van der Waals surface area contributed by atoms with Crippen LogP contribution in [0.4, 0.5) is 5.95 Å². The van der Waals surface area contributed by atoms with Crippen LogP contribution in [0.5, 0.6) is 0 Å². The first-order valence-corrected chi connectivity index (χ1v) is 6.50. The smallest absolute Gasteiger partial charge is 0.203 e. The molecule has 1 fully saturated rings. The molecule has 0 aromatic carbocycles. The van der Waals surface area contributed by atoms with E-state index >= 15 is 0 Å². The van der Waals surface area contributed by atoms with E-state index in [1.54, 1.807) is 0 Å². The van der Waals surface area contributed by atoms with Crippen LogP contribution < -0.4 is 5.32 Å². The van der Waals surface area contributed by atoms with E-state index in [0.717, 1.165) is 24.6 Å². The number of anilines is 1. The number of imidazole rings is 1. The second-order valence-electron chi connectivity index (χ2n) is 4.97. The lowest BCUT2D eigenvalue weighted by Crippen LogP contribution is -2.11. The zero-order valence-corrected chi connectivity index (χ0v) is 10.9. The average molecular weight is 245 g/mol. The quantitative estimate of drug-likeness (QED) is 0.875. The Bertz CT molecular complexity index is 535. The van der Waals surface area contributed by atoms with Crippen LogP contribution >= 0.6 is 0 Å². The standard InChI is InChI=1S/C13H19N5/c1-10-9-18(12-3-4-12)13(16-10)14-7-5-11-6-8-15-17(11)2/h6,8-9,12H,3-5,7H2,1-2H3,(H,14,16). The molecule has 5 heteroatoms. The first-order valence-electron chi connectivity index (χ1n) is 6.50. The molecular formula is C13H19N5. The van der Waals surface area contributed by atoms with Gasteiger partial charge in [-0.1, -0.05) is 0 Å². The van der Waals surface area contributed by atoms with E-state index in [4.69, 9.17) is 0 Å². The van der Waals surface area contributed by atoms with E-state index in [2.05, 4.69) is 32.2 Å². The minimum absolute atomic E-state index is 0.672. The van der Waals surface area contributed by atoms with Crippen molar-refractivity contribution < 1.29 is 0 Å². The van der Waals surface area contributed by atoms with Gasteiger partial charge in [0, 0.05) is 44.1 Å². The van der Waals surface area contributed by atoms with Gasteiger partial charge in [0.05, 0.1) is 5.69 Å². The van der Waals surface area contributed by atoms with Gasteiger partial charge < -0.3 is 9.88 Å². The number of hydrogen-bond acceptors (Lipinski definition) is 3. The van der Waals surface area contributed by atoms with Crippen LogP contribution in [-0.4, -0.2) is 25.9 Å². The summed E-state index contributed by atoms with van der Waals surface area (Å²) >= 11 is 0. The highest BCUT2D eigenvalue weighted by atomic mass is 15.3. The summed E-state index contributed by atoms with van der Waals surface area (Å²) in [5.41, 5.74) is 2.33. The first kappa shape index (κ1) is 11.3. The van der Waals surface area contributed by atoms with Gasteiger partial charge in [0.15, 0.2) is 0 Å². The lowest BCUT2D eigenvalue weighted by molar-refractivity contribution is 0.704. The van der Waals surface area contributed by atoms with Crippen molar-refractivity contribution in [2.24, 2.45) is 7.05 Å². The summed E-state index contributed by atoms with van der Waals surface area (Å²) in [6.07, 6.45) is 7.51. The van der Waals surface area contributed by atoms with E-state index in [1.807, 2.05) is 24.9 Å². The third-order valence-electron chi connectivity index (χ3n) is 3.38. The Labute approximate surface area is 107 Å². The Balaban J connectivity index is 1.61.